The number of aryl methyl sites for hydroxylation is 1. The second-order valence-electron chi connectivity index (χ2n) is 7.26. The number of carbonyl (C=O) groups is 1. The Morgan fingerprint density at radius 2 is 1.81 bits per heavy atom. The minimum absolute atomic E-state index is 0.000873. The number of aromatic nitrogens is 4. The van der Waals surface area contributed by atoms with Crippen molar-refractivity contribution in [2.24, 2.45) is 0 Å². The molecule has 1 N–H and O–H groups in total. The molecule has 9 nitrogen and oxygen atoms in total. The summed E-state index contributed by atoms with van der Waals surface area (Å²) in [5.74, 6) is 0.185. The summed E-state index contributed by atoms with van der Waals surface area (Å²) in [6.45, 7) is 1.60. The van der Waals surface area contributed by atoms with Crippen LogP contribution in [-0.4, -0.2) is 32.1 Å². The van der Waals surface area contributed by atoms with E-state index in [1.165, 1.54) is 19.5 Å². The maximum absolute atomic E-state index is 13.3. The largest absolute Gasteiger partial charge is 0.497 e. The topological polar surface area (TPSA) is 108 Å². The Morgan fingerprint density at radius 1 is 1.03 bits per heavy atom. The minimum atomic E-state index is -0.648. The van der Waals surface area contributed by atoms with E-state index in [1.54, 1.807) is 30.3 Å². The number of amides is 1. The molecule has 162 valence electrons. The SMILES string of the molecule is COc1cccc(Cn2c(=O)c3nccnc3n(CC(=O)Nc3cccc(C)c3)c2=O)c1. The highest BCUT2D eigenvalue weighted by molar-refractivity contribution is 5.91. The Balaban J connectivity index is 1.75. The third-order valence-corrected chi connectivity index (χ3v) is 4.92. The lowest BCUT2D eigenvalue weighted by Crippen LogP contribution is -2.42. The van der Waals surface area contributed by atoms with Gasteiger partial charge in [-0.15, -0.1) is 0 Å². The fourth-order valence-corrected chi connectivity index (χ4v) is 3.43. The van der Waals surface area contributed by atoms with E-state index in [-0.39, 0.29) is 24.3 Å². The van der Waals surface area contributed by atoms with E-state index in [1.807, 2.05) is 25.1 Å². The van der Waals surface area contributed by atoms with Crippen molar-refractivity contribution in [2.75, 3.05) is 12.4 Å². The molecule has 0 aliphatic carbocycles. The standard InChI is InChI=1S/C23H21N5O4/c1-15-5-3-7-17(11-15)26-19(29)14-27-21-20(24-9-10-25-21)22(30)28(23(27)31)13-16-6-4-8-18(12-16)32-2/h3-12H,13-14H2,1-2H3,(H,26,29). The third-order valence-electron chi connectivity index (χ3n) is 4.92. The Bertz CT molecular complexity index is 1420. The van der Waals surface area contributed by atoms with Gasteiger partial charge in [0.2, 0.25) is 5.91 Å². The highest BCUT2D eigenvalue weighted by Gasteiger charge is 2.18. The minimum Gasteiger partial charge on any atom is -0.497 e. The van der Waals surface area contributed by atoms with E-state index in [9.17, 15) is 14.4 Å². The molecule has 0 fully saturated rings. The summed E-state index contributed by atoms with van der Waals surface area (Å²) in [5.41, 5.74) is 1.15. The zero-order valence-electron chi connectivity index (χ0n) is 17.6. The molecule has 4 aromatic rings. The lowest BCUT2D eigenvalue weighted by molar-refractivity contribution is -0.116. The molecule has 0 aliphatic heterocycles. The molecule has 9 heteroatoms. The summed E-state index contributed by atoms with van der Waals surface area (Å²) in [7, 11) is 1.54. The number of methoxy groups -OCH3 is 1. The van der Waals surface area contributed by atoms with E-state index >= 15 is 0 Å². The second kappa shape index (κ2) is 8.84. The zero-order chi connectivity index (χ0) is 22.7. The zero-order valence-corrected chi connectivity index (χ0v) is 17.6. The molecule has 0 saturated carbocycles. The maximum atomic E-state index is 13.3. The molecule has 0 radical (unpaired) electrons. The van der Waals surface area contributed by atoms with Crippen LogP contribution in [0.15, 0.2) is 70.5 Å². The van der Waals surface area contributed by atoms with E-state index in [0.717, 1.165) is 14.7 Å². The highest BCUT2D eigenvalue weighted by atomic mass is 16.5. The monoisotopic (exact) mass is 431 g/mol. The number of carbonyl (C=O) groups excluding carboxylic acids is 1. The summed E-state index contributed by atoms with van der Waals surface area (Å²) in [4.78, 5) is 47.2. The fraction of sp³-hybridized carbons (Fsp3) is 0.174. The lowest BCUT2D eigenvalue weighted by Gasteiger charge is -2.13. The van der Waals surface area contributed by atoms with Crippen molar-refractivity contribution in [1.82, 2.24) is 19.1 Å². The number of rotatable bonds is 6. The van der Waals surface area contributed by atoms with Gasteiger partial charge in [-0.1, -0.05) is 24.3 Å². The van der Waals surface area contributed by atoms with Crippen molar-refractivity contribution in [3.8, 4) is 5.75 Å². The van der Waals surface area contributed by atoms with Crippen LogP contribution >= 0.6 is 0 Å². The van der Waals surface area contributed by atoms with Gasteiger partial charge < -0.3 is 10.1 Å². The molecule has 32 heavy (non-hydrogen) atoms. The average Bonchev–Trinajstić information content (AvgIpc) is 2.79. The Kier molecular flexibility index (Phi) is 5.80. The maximum Gasteiger partial charge on any atom is 0.333 e. The number of fused-ring (bicyclic) bond motifs is 1. The van der Waals surface area contributed by atoms with Gasteiger partial charge in [0.25, 0.3) is 5.56 Å². The first kappa shape index (κ1) is 21.0. The van der Waals surface area contributed by atoms with Crippen LogP contribution in [0.3, 0.4) is 0 Å². The first-order valence-electron chi connectivity index (χ1n) is 9.90. The van der Waals surface area contributed by atoms with Crippen LogP contribution in [0.4, 0.5) is 5.69 Å². The van der Waals surface area contributed by atoms with Crippen molar-refractivity contribution < 1.29 is 9.53 Å². The van der Waals surface area contributed by atoms with Gasteiger partial charge in [-0.3, -0.25) is 18.7 Å². The van der Waals surface area contributed by atoms with Gasteiger partial charge in [0.1, 0.15) is 12.3 Å². The molecule has 0 atom stereocenters. The summed E-state index contributed by atoms with van der Waals surface area (Å²) in [6, 6.07) is 14.4. The van der Waals surface area contributed by atoms with Gasteiger partial charge in [-0.25, -0.2) is 14.8 Å². The molecule has 0 saturated heterocycles. The second-order valence-corrected chi connectivity index (χ2v) is 7.26. The fourth-order valence-electron chi connectivity index (χ4n) is 3.43. The van der Waals surface area contributed by atoms with Gasteiger partial charge in [0.05, 0.1) is 13.7 Å². The van der Waals surface area contributed by atoms with Crippen LogP contribution in [0.25, 0.3) is 11.2 Å². The van der Waals surface area contributed by atoms with Gasteiger partial charge in [0.15, 0.2) is 11.2 Å². The molecular weight excluding hydrogens is 410 g/mol. The van der Waals surface area contributed by atoms with Crippen molar-refractivity contribution in [3.63, 3.8) is 0 Å². The van der Waals surface area contributed by atoms with Crippen LogP contribution < -0.4 is 21.3 Å². The number of benzene rings is 2. The summed E-state index contributed by atoms with van der Waals surface area (Å²) in [6.07, 6.45) is 2.75. The van der Waals surface area contributed by atoms with Gasteiger partial charge in [-0.2, -0.15) is 0 Å². The first-order chi connectivity index (χ1) is 15.5. The third kappa shape index (κ3) is 4.27. The normalized spacial score (nSPS) is 10.8. The summed E-state index contributed by atoms with van der Waals surface area (Å²) in [5, 5.41) is 2.77. The van der Waals surface area contributed by atoms with Gasteiger partial charge >= 0.3 is 5.69 Å². The van der Waals surface area contributed by atoms with Crippen LogP contribution in [0.2, 0.25) is 0 Å². The Morgan fingerprint density at radius 3 is 2.59 bits per heavy atom. The van der Waals surface area contributed by atoms with Crippen molar-refractivity contribution in [1.29, 1.82) is 0 Å². The predicted molar refractivity (Wildman–Crippen MR) is 120 cm³/mol. The van der Waals surface area contributed by atoms with Crippen LogP contribution in [0.1, 0.15) is 11.1 Å². The summed E-state index contributed by atoms with van der Waals surface area (Å²) < 4.78 is 7.43. The predicted octanol–water partition coefficient (Wildman–Crippen LogP) is 1.96. The molecule has 4 rings (SSSR count). The van der Waals surface area contributed by atoms with E-state index in [4.69, 9.17) is 4.74 Å². The Hall–Kier alpha value is -4.27. The van der Waals surface area contributed by atoms with E-state index < -0.39 is 17.2 Å². The number of nitrogens with zero attached hydrogens (tertiary/aromatic N) is 4. The van der Waals surface area contributed by atoms with Gasteiger partial charge in [0, 0.05) is 18.1 Å². The van der Waals surface area contributed by atoms with Crippen LogP contribution in [0, 0.1) is 6.92 Å². The molecule has 2 heterocycles. The van der Waals surface area contributed by atoms with Gasteiger partial charge in [-0.05, 0) is 42.3 Å². The van der Waals surface area contributed by atoms with Crippen molar-refractivity contribution in [2.45, 2.75) is 20.0 Å². The molecule has 0 unspecified atom stereocenters. The lowest BCUT2D eigenvalue weighted by atomic mass is 10.2. The molecule has 0 spiro atoms. The van der Waals surface area contributed by atoms with Crippen LogP contribution in [-0.2, 0) is 17.9 Å². The molecule has 1 amide bonds. The van der Waals surface area contributed by atoms with Crippen LogP contribution in [0.5, 0.6) is 5.75 Å². The number of hydrogen-bond donors (Lipinski definition) is 1. The molecular formula is C23H21N5O4. The highest BCUT2D eigenvalue weighted by Crippen LogP contribution is 2.13. The molecule has 0 bridgehead atoms. The van der Waals surface area contributed by atoms with Crippen molar-refractivity contribution >= 4 is 22.8 Å². The van der Waals surface area contributed by atoms with E-state index in [2.05, 4.69) is 15.3 Å². The molecule has 0 aliphatic rings. The molecule has 2 aromatic carbocycles. The number of anilines is 1. The smallest absolute Gasteiger partial charge is 0.333 e. The molecule has 2 aromatic heterocycles. The number of ether oxygens (including phenoxy) is 1. The summed E-state index contributed by atoms with van der Waals surface area (Å²) >= 11 is 0. The quantitative estimate of drug-likeness (QED) is 0.500. The average molecular weight is 431 g/mol. The van der Waals surface area contributed by atoms with E-state index in [0.29, 0.717) is 17.0 Å². The first-order valence-corrected chi connectivity index (χ1v) is 9.90. The van der Waals surface area contributed by atoms with Crippen molar-refractivity contribution in [3.05, 3.63) is 92.9 Å². The Labute approximate surface area is 182 Å². The number of nitrogens with one attached hydrogen (secondary N) is 1. The number of hydrogen-bond acceptors (Lipinski definition) is 6.